The van der Waals surface area contributed by atoms with Gasteiger partial charge in [0.05, 0.1) is 6.54 Å². The summed E-state index contributed by atoms with van der Waals surface area (Å²) in [5, 5.41) is 11.0. The maximum atomic E-state index is 12.3. The van der Waals surface area contributed by atoms with Gasteiger partial charge >= 0.3 is 5.97 Å². The predicted molar refractivity (Wildman–Crippen MR) is 64.3 cm³/mol. The second-order valence-corrected chi connectivity index (χ2v) is 4.04. The molecule has 1 rings (SSSR count). The summed E-state index contributed by atoms with van der Waals surface area (Å²) in [4.78, 5) is 22.0. The predicted octanol–water partition coefficient (Wildman–Crippen LogP) is 1.74. The zero-order chi connectivity index (χ0) is 14.3. The Morgan fingerprint density at radius 3 is 2.74 bits per heavy atom. The molecule has 1 amide bonds. The van der Waals surface area contributed by atoms with Gasteiger partial charge in [0.25, 0.3) is 12.3 Å². The molecule has 0 aliphatic rings. The minimum atomic E-state index is -2.52. The van der Waals surface area contributed by atoms with Gasteiger partial charge in [-0.25, -0.2) is 8.78 Å². The fourth-order valence-corrected chi connectivity index (χ4v) is 1.62. The van der Waals surface area contributed by atoms with E-state index in [1.54, 1.807) is 0 Å². The Morgan fingerprint density at radius 2 is 2.11 bits per heavy atom. The minimum absolute atomic E-state index is 0.0532. The molecular formula is C12H16F2N2O3. The van der Waals surface area contributed by atoms with Crippen LogP contribution in [0.3, 0.4) is 0 Å². The van der Waals surface area contributed by atoms with Crippen LogP contribution in [0.1, 0.15) is 29.8 Å². The molecule has 19 heavy (non-hydrogen) atoms. The Balaban J connectivity index is 2.37. The lowest BCUT2D eigenvalue weighted by Gasteiger charge is -2.09. The standard InChI is InChI=1S/C12H16F2N2O3/c13-10(14)8-16-7-3-4-9(16)12(19)15-6-2-1-5-11(17)18/h3-4,7,10H,1-2,5-6,8H2,(H,15,19)(H,17,18). The van der Waals surface area contributed by atoms with Crippen molar-refractivity contribution >= 4 is 11.9 Å². The van der Waals surface area contributed by atoms with E-state index >= 15 is 0 Å². The molecule has 0 aromatic carbocycles. The largest absolute Gasteiger partial charge is 0.481 e. The van der Waals surface area contributed by atoms with Crippen LogP contribution in [0.25, 0.3) is 0 Å². The van der Waals surface area contributed by atoms with Crippen LogP contribution in [0, 0.1) is 0 Å². The number of hydrogen-bond donors (Lipinski definition) is 2. The lowest BCUT2D eigenvalue weighted by atomic mass is 10.2. The number of carboxylic acid groups (broad SMARTS) is 1. The van der Waals surface area contributed by atoms with Crippen LogP contribution < -0.4 is 5.32 Å². The molecule has 0 atom stereocenters. The van der Waals surface area contributed by atoms with E-state index < -0.39 is 24.8 Å². The summed E-state index contributed by atoms with van der Waals surface area (Å²) in [6, 6.07) is 3.00. The van der Waals surface area contributed by atoms with Crippen LogP contribution in [0.4, 0.5) is 8.78 Å². The van der Waals surface area contributed by atoms with Crippen LogP contribution in [0.5, 0.6) is 0 Å². The first-order chi connectivity index (χ1) is 9.00. The third-order valence-electron chi connectivity index (χ3n) is 2.50. The van der Waals surface area contributed by atoms with Crippen LogP contribution in [0.15, 0.2) is 18.3 Å². The van der Waals surface area contributed by atoms with Gasteiger partial charge in [0, 0.05) is 19.2 Å². The van der Waals surface area contributed by atoms with Crippen molar-refractivity contribution in [2.45, 2.75) is 32.2 Å². The van der Waals surface area contributed by atoms with Crippen molar-refractivity contribution in [2.75, 3.05) is 6.54 Å². The number of nitrogens with one attached hydrogen (secondary N) is 1. The van der Waals surface area contributed by atoms with E-state index in [0.29, 0.717) is 19.4 Å². The van der Waals surface area contributed by atoms with E-state index in [4.69, 9.17) is 5.11 Å². The summed E-state index contributed by atoms with van der Waals surface area (Å²) < 4.78 is 25.7. The van der Waals surface area contributed by atoms with Gasteiger partial charge in [-0.05, 0) is 25.0 Å². The number of carbonyl (C=O) groups excluding carboxylic acids is 1. The lowest BCUT2D eigenvalue weighted by molar-refractivity contribution is -0.137. The van der Waals surface area contributed by atoms with E-state index in [0.717, 1.165) is 0 Å². The van der Waals surface area contributed by atoms with Gasteiger partial charge in [-0.1, -0.05) is 0 Å². The number of aromatic nitrogens is 1. The molecule has 1 heterocycles. The number of carbonyl (C=O) groups is 2. The Bertz CT molecular complexity index is 432. The fraction of sp³-hybridized carbons (Fsp3) is 0.500. The summed E-state index contributed by atoms with van der Waals surface area (Å²) in [5.74, 6) is -1.31. The first-order valence-electron chi connectivity index (χ1n) is 5.94. The number of aliphatic carboxylic acids is 1. The van der Waals surface area contributed by atoms with Gasteiger partial charge in [0.1, 0.15) is 5.69 Å². The van der Waals surface area contributed by atoms with E-state index in [2.05, 4.69) is 5.32 Å². The Hall–Kier alpha value is -1.92. The van der Waals surface area contributed by atoms with Gasteiger partial charge in [-0.15, -0.1) is 0 Å². The molecule has 0 fully saturated rings. The van der Waals surface area contributed by atoms with Crippen molar-refractivity contribution in [3.8, 4) is 0 Å². The summed E-state index contributed by atoms with van der Waals surface area (Å²) >= 11 is 0. The maximum Gasteiger partial charge on any atom is 0.303 e. The van der Waals surface area contributed by atoms with Gasteiger partial charge in [0.15, 0.2) is 0 Å². The molecule has 0 spiro atoms. The highest BCUT2D eigenvalue weighted by Gasteiger charge is 2.13. The summed E-state index contributed by atoms with van der Waals surface area (Å²) in [6.07, 6.45) is -0.0424. The monoisotopic (exact) mass is 274 g/mol. The number of unbranched alkanes of at least 4 members (excludes halogenated alkanes) is 1. The highest BCUT2D eigenvalue weighted by Crippen LogP contribution is 2.06. The Kier molecular flexibility index (Phi) is 5.98. The zero-order valence-electron chi connectivity index (χ0n) is 10.3. The summed E-state index contributed by atoms with van der Waals surface area (Å²) in [7, 11) is 0. The normalized spacial score (nSPS) is 10.7. The number of halogens is 2. The Morgan fingerprint density at radius 1 is 1.37 bits per heavy atom. The van der Waals surface area contributed by atoms with E-state index in [1.807, 2.05) is 0 Å². The molecular weight excluding hydrogens is 258 g/mol. The number of nitrogens with zero attached hydrogens (tertiary/aromatic N) is 1. The van der Waals surface area contributed by atoms with Crippen molar-refractivity contribution in [2.24, 2.45) is 0 Å². The van der Waals surface area contributed by atoms with Crippen molar-refractivity contribution < 1.29 is 23.5 Å². The van der Waals surface area contributed by atoms with Crippen LogP contribution in [-0.4, -0.2) is 34.5 Å². The van der Waals surface area contributed by atoms with E-state index in [1.165, 1.54) is 22.9 Å². The molecule has 1 aromatic heterocycles. The first-order valence-corrected chi connectivity index (χ1v) is 5.94. The molecule has 2 N–H and O–H groups in total. The number of hydrogen-bond acceptors (Lipinski definition) is 2. The summed E-state index contributed by atoms with van der Waals surface area (Å²) in [6.45, 7) is -0.194. The van der Waals surface area contributed by atoms with Crippen molar-refractivity contribution in [1.29, 1.82) is 0 Å². The highest BCUT2D eigenvalue weighted by molar-refractivity contribution is 5.92. The highest BCUT2D eigenvalue weighted by atomic mass is 19.3. The number of alkyl halides is 2. The van der Waals surface area contributed by atoms with Crippen molar-refractivity contribution in [1.82, 2.24) is 9.88 Å². The molecule has 0 radical (unpaired) electrons. The van der Waals surface area contributed by atoms with Crippen molar-refractivity contribution in [3.63, 3.8) is 0 Å². The molecule has 0 bridgehead atoms. The molecule has 0 unspecified atom stereocenters. The number of carboxylic acids is 1. The Labute approximate surface area is 109 Å². The van der Waals surface area contributed by atoms with Crippen LogP contribution >= 0.6 is 0 Å². The molecule has 0 aliphatic carbocycles. The second kappa shape index (κ2) is 7.50. The maximum absolute atomic E-state index is 12.3. The molecule has 5 nitrogen and oxygen atoms in total. The third-order valence-corrected chi connectivity index (χ3v) is 2.50. The van der Waals surface area contributed by atoms with Gasteiger partial charge in [-0.2, -0.15) is 0 Å². The van der Waals surface area contributed by atoms with Gasteiger partial charge in [0.2, 0.25) is 0 Å². The zero-order valence-corrected chi connectivity index (χ0v) is 10.3. The molecule has 1 aromatic rings. The summed E-state index contributed by atoms with van der Waals surface area (Å²) in [5.41, 5.74) is 0.179. The molecule has 0 aliphatic heterocycles. The quantitative estimate of drug-likeness (QED) is 0.709. The van der Waals surface area contributed by atoms with E-state index in [-0.39, 0.29) is 12.1 Å². The molecule has 106 valence electrons. The fourth-order valence-electron chi connectivity index (χ4n) is 1.62. The SMILES string of the molecule is O=C(O)CCCCNC(=O)c1cccn1CC(F)F. The van der Waals surface area contributed by atoms with Gasteiger partial charge in [-0.3, -0.25) is 9.59 Å². The molecule has 0 saturated carbocycles. The second-order valence-electron chi connectivity index (χ2n) is 4.04. The van der Waals surface area contributed by atoms with Crippen LogP contribution in [-0.2, 0) is 11.3 Å². The smallest absolute Gasteiger partial charge is 0.303 e. The van der Waals surface area contributed by atoms with Crippen molar-refractivity contribution in [3.05, 3.63) is 24.0 Å². The van der Waals surface area contributed by atoms with E-state index in [9.17, 15) is 18.4 Å². The third kappa shape index (κ3) is 5.50. The average molecular weight is 274 g/mol. The minimum Gasteiger partial charge on any atom is -0.481 e. The number of rotatable bonds is 8. The topological polar surface area (TPSA) is 71.3 Å². The first kappa shape index (κ1) is 15.1. The molecule has 7 heteroatoms. The number of amides is 1. The molecule has 0 saturated heterocycles. The average Bonchev–Trinajstić information content (AvgIpc) is 2.75. The van der Waals surface area contributed by atoms with Gasteiger partial charge < -0.3 is 15.0 Å². The lowest BCUT2D eigenvalue weighted by Crippen LogP contribution is -2.27. The van der Waals surface area contributed by atoms with Crippen LogP contribution in [0.2, 0.25) is 0 Å².